The smallest absolute Gasteiger partial charge is 0.387 e. The van der Waals surface area contributed by atoms with Gasteiger partial charge in [0.15, 0.2) is 5.16 Å². The standard InChI is InChI=1S/C20H18F2N4O3S2/c21-19(22)29-14-7-3-12(4-8-14)18(28)23-17(27)11-31-20-25-24-16(26(20)13-5-6-13)10-15-2-1-9-30-15/h1-4,7-9,13,19H,5-6,10-11H2,(H,23,27,28). The summed E-state index contributed by atoms with van der Waals surface area (Å²) in [4.78, 5) is 25.6. The molecule has 1 N–H and O–H groups in total. The van der Waals surface area contributed by atoms with Crippen LogP contribution in [0.25, 0.3) is 0 Å². The number of hydrogen-bond acceptors (Lipinski definition) is 7. The number of nitrogens with one attached hydrogen (secondary N) is 1. The average Bonchev–Trinajstić information content (AvgIpc) is 3.28. The lowest BCUT2D eigenvalue weighted by Gasteiger charge is -2.09. The van der Waals surface area contributed by atoms with Crippen molar-refractivity contribution in [1.29, 1.82) is 0 Å². The first-order chi connectivity index (χ1) is 15.0. The zero-order valence-electron chi connectivity index (χ0n) is 16.2. The van der Waals surface area contributed by atoms with Gasteiger partial charge in [0, 0.05) is 22.9 Å². The predicted octanol–water partition coefficient (Wildman–Crippen LogP) is 3.92. The molecule has 2 aromatic heterocycles. The number of alkyl halides is 2. The van der Waals surface area contributed by atoms with Crippen LogP contribution in [0.15, 0.2) is 46.9 Å². The van der Waals surface area contributed by atoms with Crippen molar-refractivity contribution in [3.63, 3.8) is 0 Å². The van der Waals surface area contributed by atoms with Crippen LogP contribution in [0, 0.1) is 0 Å². The maximum atomic E-state index is 12.2. The molecule has 0 aliphatic heterocycles. The number of thiophene rings is 1. The molecule has 2 amide bonds. The van der Waals surface area contributed by atoms with Crippen LogP contribution in [0.1, 0.15) is 39.9 Å². The summed E-state index contributed by atoms with van der Waals surface area (Å²) in [6.45, 7) is -2.94. The number of imide groups is 1. The van der Waals surface area contributed by atoms with Crippen LogP contribution in [0.4, 0.5) is 8.78 Å². The Bertz CT molecular complexity index is 1050. The Morgan fingerprint density at radius 1 is 1.23 bits per heavy atom. The van der Waals surface area contributed by atoms with Gasteiger partial charge in [-0.05, 0) is 48.6 Å². The van der Waals surface area contributed by atoms with Crippen molar-refractivity contribution < 1.29 is 23.1 Å². The summed E-state index contributed by atoms with van der Waals surface area (Å²) in [5, 5.41) is 13.5. The third-order valence-electron chi connectivity index (χ3n) is 4.49. The first kappa shape index (κ1) is 21.4. The largest absolute Gasteiger partial charge is 0.435 e. The molecule has 0 unspecified atom stereocenters. The molecule has 1 saturated carbocycles. The number of amides is 2. The summed E-state index contributed by atoms with van der Waals surface area (Å²) >= 11 is 2.89. The van der Waals surface area contributed by atoms with Gasteiger partial charge < -0.3 is 9.30 Å². The maximum Gasteiger partial charge on any atom is 0.387 e. The van der Waals surface area contributed by atoms with E-state index in [0.717, 1.165) is 18.7 Å². The summed E-state index contributed by atoms with van der Waals surface area (Å²) in [6, 6.07) is 9.51. The van der Waals surface area contributed by atoms with Crippen LogP contribution in [0.3, 0.4) is 0 Å². The van der Waals surface area contributed by atoms with E-state index < -0.39 is 18.4 Å². The number of rotatable bonds is 9. The number of carbonyl (C=O) groups is 2. The molecule has 1 aliphatic rings. The highest BCUT2D eigenvalue weighted by atomic mass is 32.2. The van der Waals surface area contributed by atoms with Crippen molar-refractivity contribution in [3.8, 4) is 5.75 Å². The number of benzene rings is 1. The van der Waals surface area contributed by atoms with Crippen molar-refractivity contribution in [1.82, 2.24) is 20.1 Å². The fourth-order valence-electron chi connectivity index (χ4n) is 2.95. The quantitative estimate of drug-likeness (QED) is 0.483. The van der Waals surface area contributed by atoms with Crippen molar-refractivity contribution >= 4 is 34.9 Å². The lowest BCUT2D eigenvalue weighted by Crippen LogP contribution is -2.31. The van der Waals surface area contributed by atoms with Gasteiger partial charge in [-0.2, -0.15) is 8.78 Å². The molecular formula is C20H18F2N4O3S2. The van der Waals surface area contributed by atoms with E-state index >= 15 is 0 Å². The van der Waals surface area contributed by atoms with E-state index in [1.807, 2.05) is 11.4 Å². The molecule has 1 aromatic carbocycles. The minimum Gasteiger partial charge on any atom is -0.435 e. The van der Waals surface area contributed by atoms with Crippen LogP contribution in [-0.4, -0.2) is 38.9 Å². The Morgan fingerprint density at radius 2 is 2.00 bits per heavy atom. The highest BCUT2D eigenvalue weighted by Gasteiger charge is 2.30. The molecule has 2 heterocycles. The molecule has 0 spiro atoms. The number of nitrogens with zero attached hydrogens (tertiary/aromatic N) is 3. The first-order valence-corrected chi connectivity index (χ1v) is 11.3. The zero-order valence-corrected chi connectivity index (χ0v) is 17.8. The van der Waals surface area contributed by atoms with Crippen LogP contribution in [0.2, 0.25) is 0 Å². The van der Waals surface area contributed by atoms with Gasteiger partial charge >= 0.3 is 6.61 Å². The van der Waals surface area contributed by atoms with E-state index in [2.05, 4.69) is 30.9 Å². The summed E-state index contributed by atoms with van der Waals surface area (Å²) in [5.41, 5.74) is 0.166. The highest BCUT2D eigenvalue weighted by molar-refractivity contribution is 7.99. The molecule has 3 aromatic rings. The van der Waals surface area contributed by atoms with Crippen molar-refractivity contribution in [3.05, 3.63) is 58.0 Å². The molecule has 11 heteroatoms. The van der Waals surface area contributed by atoms with E-state index in [-0.39, 0.29) is 17.1 Å². The lowest BCUT2D eigenvalue weighted by molar-refractivity contribution is -0.117. The van der Waals surface area contributed by atoms with E-state index in [4.69, 9.17) is 0 Å². The van der Waals surface area contributed by atoms with Gasteiger partial charge in [-0.15, -0.1) is 21.5 Å². The molecule has 1 fully saturated rings. The molecule has 4 rings (SSSR count). The van der Waals surface area contributed by atoms with E-state index in [9.17, 15) is 18.4 Å². The van der Waals surface area contributed by atoms with E-state index in [1.165, 1.54) is 40.9 Å². The van der Waals surface area contributed by atoms with Gasteiger partial charge in [0.05, 0.1) is 5.75 Å². The number of aromatic nitrogens is 3. The minimum atomic E-state index is -2.94. The Morgan fingerprint density at radius 3 is 2.65 bits per heavy atom. The number of thioether (sulfide) groups is 1. The lowest BCUT2D eigenvalue weighted by atomic mass is 10.2. The van der Waals surface area contributed by atoms with Crippen molar-refractivity contribution in [2.24, 2.45) is 0 Å². The second-order valence-corrected chi connectivity index (χ2v) is 8.80. The summed E-state index contributed by atoms with van der Waals surface area (Å²) in [5.74, 6) is -0.284. The predicted molar refractivity (Wildman–Crippen MR) is 112 cm³/mol. The third kappa shape index (κ3) is 5.67. The monoisotopic (exact) mass is 464 g/mol. The number of ether oxygens (including phenoxy) is 1. The fraction of sp³-hybridized carbons (Fsp3) is 0.300. The minimum absolute atomic E-state index is 0.00216. The zero-order chi connectivity index (χ0) is 21.8. The van der Waals surface area contributed by atoms with Crippen LogP contribution in [-0.2, 0) is 11.2 Å². The molecule has 0 radical (unpaired) electrons. The van der Waals surface area contributed by atoms with Crippen LogP contribution >= 0.6 is 23.1 Å². The molecule has 0 bridgehead atoms. The fourth-order valence-corrected chi connectivity index (χ4v) is 4.47. The Balaban J connectivity index is 1.33. The highest BCUT2D eigenvalue weighted by Crippen LogP contribution is 2.39. The normalized spacial score (nSPS) is 13.4. The second kappa shape index (κ2) is 9.56. The topological polar surface area (TPSA) is 86.1 Å². The Labute approximate surface area is 184 Å². The van der Waals surface area contributed by atoms with Gasteiger partial charge in [0.2, 0.25) is 5.91 Å². The number of carbonyl (C=O) groups excluding carboxylic acids is 2. The molecule has 7 nitrogen and oxygen atoms in total. The molecule has 1 aliphatic carbocycles. The summed E-state index contributed by atoms with van der Waals surface area (Å²) in [7, 11) is 0. The maximum absolute atomic E-state index is 12.2. The van der Waals surface area contributed by atoms with Gasteiger partial charge in [-0.1, -0.05) is 17.8 Å². The molecule has 0 saturated heterocycles. The Hall–Kier alpha value is -2.79. The molecule has 31 heavy (non-hydrogen) atoms. The van der Waals surface area contributed by atoms with Crippen LogP contribution in [0.5, 0.6) is 5.75 Å². The van der Waals surface area contributed by atoms with Gasteiger partial charge in [-0.3, -0.25) is 14.9 Å². The molecular weight excluding hydrogens is 446 g/mol. The van der Waals surface area contributed by atoms with E-state index in [0.29, 0.717) is 17.6 Å². The van der Waals surface area contributed by atoms with Gasteiger partial charge in [0.1, 0.15) is 11.6 Å². The summed E-state index contributed by atoms with van der Waals surface area (Å²) in [6.07, 6.45) is 2.80. The second-order valence-electron chi connectivity index (χ2n) is 6.82. The first-order valence-electron chi connectivity index (χ1n) is 9.47. The van der Waals surface area contributed by atoms with Crippen molar-refractivity contribution in [2.45, 2.75) is 37.1 Å². The number of halogens is 2. The summed E-state index contributed by atoms with van der Waals surface area (Å²) < 4.78 is 30.7. The average molecular weight is 465 g/mol. The number of hydrogen-bond donors (Lipinski definition) is 1. The Kier molecular flexibility index (Phi) is 6.62. The SMILES string of the molecule is O=C(CSc1nnc(Cc2cccs2)n1C1CC1)NC(=O)c1ccc(OC(F)F)cc1. The van der Waals surface area contributed by atoms with Gasteiger partial charge in [-0.25, -0.2) is 0 Å². The third-order valence-corrected chi connectivity index (χ3v) is 6.31. The molecule has 162 valence electrons. The molecule has 0 atom stereocenters. The van der Waals surface area contributed by atoms with E-state index in [1.54, 1.807) is 11.3 Å². The van der Waals surface area contributed by atoms with Crippen LogP contribution < -0.4 is 10.1 Å². The van der Waals surface area contributed by atoms with Gasteiger partial charge in [0.25, 0.3) is 5.91 Å². The van der Waals surface area contributed by atoms with Crippen molar-refractivity contribution in [2.75, 3.05) is 5.75 Å².